The summed E-state index contributed by atoms with van der Waals surface area (Å²) in [6.45, 7) is 1.91. The van der Waals surface area contributed by atoms with Gasteiger partial charge in [0.1, 0.15) is 16.9 Å². The Morgan fingerprint density at radius 1 is 1.45 bits per heavy atom. The molecule has 1 amide bonds. The molecule has 20 heavy (non-hydrogen) atoms. The number of carbonyl (C=O) groups is 1. The van der Waals surface area contributed by atoms with E-state index in [0.29, 0.717) is 5.92 Å². The van der Waals surface area contributed by atoms with Gasteiger partial charge in [0.15, 0.2) is 0 Å². The van der Waals surface area contributed by atoms with E-state index < -0.39 is 0 Å². The Hall–Kier alpha value is -1.40. The molecule has 1 aliphatic heterocycles. The van der Waals surface area contributed by atoms with E-state index in [9.17, 15) is 4.79 Å². The number of likely N-dealkylation sites (tertiary alicyclic amines) is 1. The molecule has 2 aromatic rings. The van der Waals surface area contributed by atoms with Gasteiger partial charge in [0.2, 0.25) is 0 Å². The van der Waals surface area contributed by atoms with Gasteiger partial charge in [0.05, 0.1) is 6.20 Å². The maximum atomic E-state index is 12.5. The highest BCUT2D eigenvalue weighted by molar-refractivity contribution is 7.15. The van der Waals surface area contributed by atoms with Crippen molar-refractivity contribution in [3.8, 4) is 0 Å². The van der Waals surface area contributed by atoms with Crippen LogP contribution >= 0.6 is 11.3 Å². The number of piperidine rings is 1. The highest BCUT2D eigenvalue weighted by Crippen LogP contribution is 2.24. The Balaban J connectivity index is 1.63. The quantitative estimate of drug-likeness (QED) is 0.938. The molecule has 0 aliphatic carbocycles. The third-order valence-corrected chi connectivity index (χ3v) is 4.93. The molecule has 2 aromatic heterocycles. The molecule has 0 saturated carbocycles. The molecule has 1 saturated heterocycles. The molecule has 1 fully saturated rings. The minimum absolute atomic E-state index is 0.106. The van der Waals surface area contributed by atoms with Crippen LogP contribution < -0.4 is 0 Å². The minimum atomic E-state index is 0.106. The fourth-order valence-corrected chi connectivity index (χ4v) is 3.67. The Morgan fingerprint density at radius 2 is 2.25 bits per heavy atom. The molecule has 6 heteroatoms. The van der Waals surface area contributed by atoms with Crippen LogP contribution in [0.2, 0.25) is 0 Å². The lowest BCUT2D eigenvalue weighted by Gasteiger charge is -2.31. The number of thiazole rings is 1. The highest BCUT2D eigenvalue weighted by Gasteiger charge is 2.25. The highest BCUT2D eigenvalue weighted by atomic mass is 32.1. The van der Waals surface area contributed by atoms with Crippen molar-refractivity contribution < 1.29 is 9.90 Å². The Labute approximate surface area is 121 Å². The summed E-state index contributed by atoms with van der Waals surface area (Å²) < 4.78 is 1.87. The number of aromatic nitrogens is 2. The first-order chi connectivity index (χ1) is 9.79. The lowest BCUT2D eigenvalue weighted by molar-refractivity contribution is 0.0676. The van der Waals surface area contributed by atoms with Crippen molar-refractivity contribution in [2.45, 2.75) is 25.7 Å². The molecule has 5 nitrogen and oxygen atoms in total. The van der Waals surface area contributed by atoms with Crippen LogP contribution in [-0.2, 0) is 0 Å². The van der Waals surface area contributed by atoms with Gasteiger partial charge in [-0.3, -0.25) is 9.20 Å². The monoisotopic (exact) mass is 293 g/mol. The summed E-state index contributed by atoms with van der Waals surface area (Å²) in [4.78, 5) is 19.6. The summed E-state index contributed by atoms with van der Waals surface area (Å²) in [5.41, 5.74) is 0.719. The van der Waals surface area contributed by atoms with Crippen LogP contribution in [-0.4, -0.2) is 45.0 Å². The fourth-order valence-electron chi connectivity index (χ4n) is 2.84. The average molecular weight is 293 g/mol. The lowest BCUT2D eigenvalue weighted by atomic mass is 9.92. The molecule has 0 spiro atoms. The van der Waals surface area contributed by atoms with E-state index in [1.165, 1.54) is 0 Å². The van der Waals surface area contributed by atoms with Crippen LogP contribution in [0.1, 0.15) is 36.2 Å². The van der Waals surface area contributed by atoms with Gasteiger partial charge in [-0.2, -0.15) is 0 Å². The van der Waals surface area contributed by atoms with Crippen molar-refractivity contribution in [1.29, 1.82) is 0 Å². The summed E-state index contributed by atoms with van der Waals surface area (Å²) in [7, 11) is 0. The second-order valence-corrected chi connectivity index (χ2v) is 6.21. The van der Waals surface area contributed by atoms with Gasteiger partial charge in [0.25, 0.3) is 5.91 Å². The first-order valence-corrected chi connectivity index (χ1v) is 7.97. The first kappa shape index (κ1) is 13.6. The van der Waals surface area contributed by atoms with Gasteiger partial charge in [-0.15, -0.1) is 11.3 Å². The number of rotatable bonds is 4. The number of aliphatic hydroxyl groups is 1. The van der Waals surface area contributed by atoms with E-state index in [1.54, 1.807) is 23.9 Å². The molecule has 0 atom stereocenters. The third-order valence-electron chi connectivity index (χ3n) is 4.05. The zero-order chi connectivity index (χ0) is 13.9. The molecule has 0 unspecified atom stereocenters. The molecule has 3 heterocycles. The van der Waals surface area contributed by atoms with Gasteiger partial charge in [-0.05, 0) is 31.6 Å². The lowest BCUT2D eigenvalue weighted by Crippen LogP contribution is -2.39. The van der Waals surface area contributed by atoms with Gasteiger partial charge in [-0.25, -0.2) is 4.98 Å². The summed E-state index contributed by atoms with van der Waals surface area (Å²) in [6, 6.07) is 0. The topological polar surface area (TPSA) is 57.8 Å². The van der Waals surface area contributed by atoms with E-state index in [0.717, 1.165) is 49.3 Å². The molecule has 0 aromatic carbocycles. The summed E-state index contributed by atoms with van der Waals surface area (Å²) in [6.07, 6.45) is 7.52. The van der Waals surface area contributed by atoms with Gasteiger partial charge < -0.3 is 10.0 Å². The molecule has 1 aliphatic rings. The molecule has 3 rings (SSSR count). The molecule has 0 radical (unpaired) electrons. The molecule has 0 bridgehead atoms. The standard InChI is InChI=1S/C14H19N3O2S/c18-7-1-2-11-3-5-16(6-4-11)14(19)12-9-20-13-8-15-10-17(12)13/h8-11,18H,1-7H2. The van der Waals surface area contributed by atoms with Crippen LogP contribution in [0.3, 0.4) is 0 Å². The van der Waals surface area contributed by atoms with Gasteiger partial charge in [-0.1, -0.05) is 0 Å². The predicted octanol–water partition coefficient (Wildman–Crippen LogP) is 2.02. The number of carbonyl (C=O) groups excluding carboxylic acids is 1. The first-order valence-electron chi connectivity index (χ1n) is 7.09. The molecule has 1 N–H and O–H groups in total. The van der Waals surface area contributed by atoms with Crippen molar-refractivity contribution in [1.82, 2.24) is 14.3 Å². The Kier molecular flexibility index (Phi) is 4.03. The number of amides is 1. The SMILES string of the molecule is O=C(c1csc2cncn12)N1CCC(CCCO)CC1. The summed E-state index contributed by atoms with van der Waals surface area (Å²) in [5.74, 6) is 0.761. The van der Waals surface area contributed by atoms with Gasteiger partial charge in [0, 0.05) is 25.1 Å². The van der Waals surface area contributed by atoms with E-state index >= 15 is 0 Å². The second kappa shape index (κ2) is 5.93. The van der Waals surface area contributed by atoms with E-state index in [-0.39, 0.29) is 12.5 Å². The van der Waals surface area contributed by atoms with Crippen molar-refractivity contribution in [3.63, 3.8) is 0 Å². The number of fused-ring (bicyclic) bond motifs is 1. The maximum absolute atomic E-state index is 12.5. The van der Waals surface area contributed by atoms with Crippen LogP contribution in [0.5, 0.6) is 0 Å². The maximum Gasteiger partial charge on any atom is 0.271 e. The smallest absolute Gasteiger partial charge is 0.271 e. The van der Waals surface area contributed by atoms with Crippen molar-refractivity contribution in [2.24, 2.45) is 5.92 Å². The zero-order valence-electron chi connectivity index (χ0n) is 11.4. The number of nitrogens with zero attached hydrogens (tertiary/aromatic N) is 3. The van der Waals surface area contributed by atoms with Crippen LogP contribution in [0.4, 0.5) is 0 Å². The third kappa shape index (κ3) is 2.58. The number of imidazole rings is 1. The molecule has 108 valence electrons. The number of hydrogen-bond acceptors (Lipinski definition) is 4. The van der Waals surface area contributed by atoms with Crippen molar-refractivity contribution >= 4 is 22.1 Å². The fraction of sp³-hybridized carbons (Fsp3) is 0.571. The van der Waals surface area contributed by atoms with Crippen molar-refractivity contribution in [2.75, 3.05) is 19.7 Å². The van der Waals surface area contributed by atoms with E-state index in [4.69, 9.17) is 5.11 Å². The Morgan fingerprint density at radius 3 is 3.00 bits per heavy atom. The summed E-state index contributed by atoms with van der Waals surface area (Å²) >= 11 is 1.55. The predicted molar refractivity (Wildman–Crippen MR) is 78.0 cm³/mol. The van der Waals surface area contributed by atoms with Gasteiger partial charge >= 0.3 is 0 Å². The zero-order valence-corrected chi connectivity index (χ0v) is 12.2. The number of hydrogen-bond donors (Lipinski definition) is 1. The molecular weight excluding hydrogens is 274 g/mol. The van der Waals surface area contributed by atoms with Crippen LogP contribution in [0.15, 0.2) is 17.9 Å². The Bertz CT molecular complexity index is 584. The van der Waals surface area contributed by atoms with E-state index in [2.05, 4.69) is 4.98 Å². The number of aliphatic hydroxyl groups excluding tert-OH is 1. The normalized spacial score (nSPS) is 16.9. The van der Waals surface area contributed by atoms with E-state index in [1.807, 2.05) is 14.7 Å². The second-order valence-electron chi connectivity index (χ2n) is 5.32. The van der Waals surface area contributed by atoms with Crippen molar-refractivity contribution in [3.05, 3.63) is 23.6 Å². The summed E-state index contributed by atoms with van der Waals surface area (Å²) in [5, 5.41) is 10.8. The minimum Gasteiger partial charge on any atom is -0.396 e. The molecular formula is C14H19N3O2S. The largest absolute Gasteiger partial charge is 0.396 e. The van der Waals surface area contributed by atoms with Crippen LogP contribution in [0.25, 0.3) is 4.83 Å². The van der Waals surface area contributed by atoms with Crippen LogP contribution in [0, 0.1) is 5.92 Å². The average Bonchev–Trinajstić information content (AvgIpc) is 3.08.